The van der Waals surface area contributed by atoms with Crippen molar-refractivity contribution in [2.45, 2.75) is 11.9 Å². The first-order valence-corrected chi connectivity index (χ1v) is 5.94. The zero-order valence-corrected chi connectivity index (χ0v) is 8.56. The smallest absolute Gasteiger partial charge is 0.264 e. The molecule has 84 valence electrons. The van der Waals surface area contributed by atoms with Gasteiger partial charge in [-0.05, 0) is 11.6 Å². The monoisotopic (exact) mass is 239 g/mol. The predicted octanol–water partition coefficient (Wildman–Crippen LogP) is 1.65. The zero-order chi connectivity index (χ0) is 11.7. The number of alkyl halides is 3. The summed E-state index contributed by atoms with van der Waals surface area (Å²) >= 11 is 0. The van der Waals surface area contributed by atoms with Crippen LogP contribution in [0.4, 0.5) is 13.2 Å². The van der Waals surface area contributed by atoms with Gasteiger partial charge in [-0.3, -0.25) is 4.98 Å². The zero-order valence-electron chi connectivity index (χ0n) is 7.75. The van der Waals surface area contributed by atoms with Crippen molar-refractivity contribution < 1.29 is 21.6 Å². The SMILES string of the molecule is CS(=O)(=O)Cc1ccncc1C(F)(F)F. The first kappa shape index (κ1) is 12.0. The van der Waals surface area contributed by atoms with Crippen molar-refractivity contribution in [3.8, 4) is 0 Å². The van der Waals surface area contributed by atoms with Gasteiger partial charge in [-0.25, -0.2) is 8.42 Å². The molecule has 1 aromatic rings. The molecular formula is C8H8F3NO2S. The highest BCUT2D eigenvalue weighted by Gasteiger charge is 2.34. The largest absolute Gasteiger partial charge is 0.418 e. The topological polar surface area (TPSA) is 47.0 Å². The number of halogens is 3. The van der Waals surface area contributed by atoms with E-state index in [1.807, 2.05) is 0 Å². The Hall–Kier alpha value is -1.11. The molecule has 0 aliphatic heterocycles. The van der Waals surface area contributed by atoms with Crippen LogP contribution >= 0.6 is 0 Å². The predicted molar refractivity (Wildman–Crippen MR) is 47.8 cm³/mol. The van der Waals surface area contributed by atoms with Crippen LogP contribution < -0.4 is 0 Å². The lowest BCUT2D eigenvalue weighted by Gasteiger charge is -2.10. The van der Waals surface area contributed by atoms with E-state index in [1.54, 1.807) is 0 Å². The van der Waals surface area contributed by atoms with Gasteiger partial charge in [0.25, 0.3) is 0 Å². The minimum absolute atomic E-state index is 0.278. The van der Waals surface area contributed by atoms with Crippen molar-refractivity contribution in [3.63, 3.8) is 0 Å². The Labute approximate surface area is 84.9 Å². The molecule has 0 aliphatic carbocycles. The standard InChI is InChI=1S/C8H8F3NO2S/c1-15(13,14)5-6-2-3-12-4-7(6)8(9,10)11/h2-4H,5H2,1H3. The number of nitrogens with zero attached hydrogens (tertiary/aromatic N) is 1. The molecule has 15 heavy (non-hydrogen) atoms. The van der Waals surface area contributed by atoms with Crippen molar-refractivity contribution in [1.82, 2.24) is 4.98 Å². The van der Waals surface area contributed by atoms with Crippen LogP contribution in [0.5, 0.6) is 0 Å². The Kier molecular flexibility index (Phi) is 3.03. The van der Waals surface area contributed by atoms with Gasteiger partial charge in [0.2, 0.25) is 0 Å². The second kappa shape index (κ2) is 3.80. The van der Waals surface area contributed by atoms with Gasteiger partial charge in [0.1, 0.15) is 0 Å². The van der Waals surface area contributed by atoms with E-state index in [2.05, 4.69) is 4.98 Å². The van der Waals surface area contributed by atoms with Crippen LogP contribution in [0.3, 0.4) is 0 Å². The highest BCUT2D eigenvalue weighted by molar-refractivity contribution is 7.89. The summed E-state index contributed by atoms with van der Waals surface area (Å²) in [5, 5.41) is 0. The van der Waals surface area contributed by atoms with E-state index in [4.69, 9.17) is 0 Å². The fraction of sp³-hybridized carbons (Fsp3) is 0.375. The van der Waals surface area contributed by atoms with Gasteiger partial charge < -0.3 is 0 Å². The molecule has 0 aromatic carbocycles. The maximum atomic E-state index is 12.4. The average molecular weight is 239 g/mol. The Morgan fingerprint density at radius 3 is 2.47 bits per heavy atom. The van der Waals surface area contributed by atoms with Gasteiger partial charge in [0, 0.05) is 18.6 Å². The first-order valence-electron chi connectivity index (χ1n) is 3.88. The number of hydrogen-bond acceptors (Lipinski definition) is 3. The van der Waals surface area contributed by atoms with E-state index < -0.39 is 27.3 Å². The third kappa shape index (κ3) is 3.50. The molecule has 0 saturated carbocycles. The van der Waals surface area contributed by atoms with Crippen LogP contribution in [0, 0.1) is 0 Å². The molecule has 0 saturated heterocycles. The van der Waals surface area contributed by atoms with Crippen LogP contribution in [-0.2, 0) is 21.8 Å². The lowest BCUT2D eigenvalue weighted by atomic mass is 10.1. The molecule has 1 aromatic heterocycles. The molecule has 0 spiro atoms. The lowest BCUT2D eigenvalue weighted by Crippen LogP contribution is -2.12. The maximum absolute atomic E-state index is 12.4. The molecule has 7 heteroatoms. The summed E-state index contributed by atoms with van der Waals surface area (Å²) in [5.41, 5.74) is -1.28. The molecule has 0 fully saturated rings. The van der Waals surface area contributed by atoms with Crippen LogP contribution in [0.1, 0.15) is 11.1 Å². The molecular weight excluding hydrogens is 231 g/mol. The highest BCUT2D eigenvalue weighted by Crippen LogP contribution is 2.31. The highest BCUT2D eigenvalue weighted by atomic mass is 32.2. The number of rotatable bonds is 2. The van der Waals surface area contributed by atoms with Gasteiger partial charge in [-0.2, -0.15) is 13.2 Å². The molecule has 0 amide bonds. The minimum atomic E-state index is -4.58. The number of aromatic nitrogens is 1. The summed E-state index contributed by atoms with van der Waals surface area (Å²) in [4.78, 5) is 3.33. The summed E-state index contributed by atoms with van der Waals surface area (Å²) in [5.74, 6) is -0.635. The average Bonchev–Trinajstić information content (AvgIpc) is 1.99. The second-order valence-electron chi connectivity index (χ2n) is 3.10. The Morgan fingerprint density at radius 1 is 1.40 bits per heavy atom. The third-order valence-electron chi connectivity index (χ3n) is 1.63. The number of sulfone groups is 1. The molecule has 0 bridgehead atoms. The molecule has 0 radical (unpaired) electrons. The second-order valence-corrected chi connectivity index (χ2v) is 5.24. The molecule has 1 rings (SSSR count). The third-order valence-corrected chi connectivity index (χ3v) is 2.47. The quantitative estimate of drug-likeness (QED) is 0.788. The van der Waals surface area contributed by atoms with Crippen molar-refractivity contribution in [3.05, 3.63) is 29.6 Å². The normalized spacial score (nSPS) is 12.8. The van der Waals surface area contributed by atoms with Crippen molar-refractivity contribution >= 4 is 9.84 Å². The van der Waals surface area contributed by atoms with E-state index in [0.717, 1.165) is 18.5 Å². The Balaban J connectivity index is 3.19. The maximum Gasteiger partial charge on any atom is 0.418 e. The minimum Gasteiger partial charge on any atom is -0.264 e. The van der Waals surface area contributed by atoms with Gasteiger partial charge in [-0.1, -0.05) is 0 Å². The summed E-state index contributed by atoms with van der Waals surface area (Å²) in [6.07, 6.45) is -1.93. The molecule has 0 atom stereocenters. The fourth-order valence-corrected chi connectivity index (χ4v) is 1.90. The van der Waals surface area contributed by atoms with Crippen LogP contribution in [0.15, 0.2) is 18.5 Å². The van der Waals surface area contributed by atoms with Crippen LogP contribution in [0.2, 0.25) is 0 Å². The summed E-state index contributed by atoms with van der Waals surface area (Å²) in [6, 6.07) is 1.06. The van der Waals surface area contributed by atoms with Gasteiger partial charge in [0.15, 0.2) is 9.84 Å². The van der Waals surface area contributed by atoms with Crippen LogP contribution in [0.25, 0.3) is 0 Å². The molecule has 3 nitrogen and oxygen atoms in total. The Bertz CT molecular complexity index is 453. The molecule has 0 aliphatic rings. The van der Waals surface area contributed by atoms with Crippen LogP contribution in [-0.4, -0.2) is 19.7 Å². The van der Waals surface area contributed by atoms with Gasteiger partial charge in [-0.15, -0.1) is 0 Å². The van der Waals surface area contributed by atoms with E-state index in [9.17, 15) is 21.6 Å². The molecule has 0 unspecified atom stereocenters. The fourth-order valence-electron chi connectivity index (χ4n) is 1.09. The van der Waals surface area contributed by atoms with Crippen molar-refractivity contribution in [2.24, 2.45) is 0 Å². The molecule has 1 heterocycles. The van der Waals surface area contributed by atoms with Crippen molar-refractivity contribution in [2.75, 3.05) is 6.26 Å². The van der Waals surface area contributed by atoms with E-state index in [0.29, 0.717) is 6.20 Å². The van der Waals surface area contributed by atoms with Gasteiger partial charge in [0.05, 0.1) is 11.3 Å². The van der Waals surface area contributed by atoms with E-state index >= 15 is 0 Å². The number of pyridine rings is 1. The first-order chi connectivity index (χ1) is 6.70. The van der Waals surface area contributed by atoms with E-state index in [-0.39, 0.29) is 5.56 Å². The van der Waals surface area contributed by atoms with Crippen molar-refractivity contribution in [1.29, 1.82) is 0 Å². The summed E-state index contributed by atoms with van der Waals surface area (Å²) < 4.78 is 59.0. The van der Waals surface area contributed by atoms with Gasteiger partial charge >= 0.3 is 6.18 Å². The number of hydrogen-bond donors (Lipinski definition) is 0. The lowest BCUT2D eigenvalue weighted by molar-refractivity contribution is -0.138. The van der Waals surface area contributed by atoms with E-state index in [1.165, 1.54) is 0 Å². The molecule has 0 N–H and O–H groups in total. The Morgan fingerprint density at radius 2 is 2.00 bits per heavy atom. The summed E-state index contributed by atoms with van der Waals surface area (Å²) in [6.45, 7) is 0. The summed E-state index contributed by atoms with van der Waals surface area (Å²) in [7, 11) is -3.49.